The van der Waals surface area contributed by atoms with Crippen LogP contribution in [0.3, 0.4) is 0 Å². The summed E-state index contributed by atoms with van der Waals surface area (Å²) in [6.45, 7) is 4.59. The zero-order valence-electron chi connectivity index (χ0n) is 7.19. The van der Waals surface area contributed by atoms with Crippen molar-refractivity contribution < 1.29 is 0 Å². The number of rotatable bonds is 4. The van der Waals surface area contributed by atoms with Crippen LogP contribution in [0.15, 0.2) is 39.8 Å². The third-order valence-electron chi connectivity index (χ3n) is 1.60. The lowest BCUT2D eigenvalue weighted by molar-refractivity contribution is 1.07. The second-order valence-corrected chi connectivity index (χ2v) is 4.40. The van der Waals surface area contributed by atoms with Gasteiger partial charge in [-0.05, 0) is 40.5 Å². The molecule has 0 bridgehead atoms. The fraction of sp³-hybridized carbons (Fsp3) is 0.200. The Kier molecular flexibility index (Phi) is 4.53. The van der Waals surface area contributed by atoms with Crippen LogP contribution < -0.4 is 5.32 Å². The van der Waals surface area contributed by atoms with Crippen molar-refractivity contribution in [2.75, 3.05) is 11.9 Å². The van der Waals surface area contributed by atoms with Crippen LogP contribution >= 0.6 is 31.9 Å². The van der Waals surface area contributed by atoms with E-state index in [-0.39, 0.29) is 0 Å². The molecule has 0 aliphatic rings. The van der Waals surface area contributed by atoms with Gasteiger partial charge < -0.3 is 5.32 Å². The standard InChI is InChI=1S/C10H11Br2N/c1-2-3-6-13-10-5-4-8(11)7-9(10)12/h2,4-5,7,13H,1,3,6H2. The molecule has 1 aromatic rings. The molecule has 3 heteroatoms. The average Bonchev–Trinajstić information content (AvgIpc) is 2.09. The van der Waals surface area contributed by atoms with Gasteiger partial charge in [0, 0.05) is 21.2 Å². The Balaban J connectivity index is 2.61. The first-order valence-corrected chi connectivity index (χ1v) is 5.62. The van der Waals surface area contributed by atoms with E-state index >= 15 is 0 Å². The maximum atomic E-state index is 3.67. The van der Waals surface area contributed by atoms with Crippen molar-refractivity contribution >= 4 is 37.5 Å². The van der Waals surface area contributed by atoms with E-state index in [0.717, 1.165) is 27.6 Å². The number of nitrogens with one attached hydrogen (secondary N) is 1. The maximum Gasteiger partial charge on any atom is 0.0485 e. The SMILES string of the molecule is C=CCCNc1ccc(Br)cc1Br. The first-order valence-electron chi connectivity index (χ1n) is 4.04. The Morgan fingerprint density at radius 1 is 1.38 bits per heavy atom. The number of anilines is 1. The Bertz CT molecular complexity index is 297. The normalized spacial score (nSPS) is 9.69. The van der Waals surface area contributed by atoms with Crippen molar-refractivity contribution in [3.05, 3.63) is 39.8 Å². The summed E-state index contributed by atoms with van der Waals surface area (Å²) in [7, 11) is 0. The van der Waals surface area contributed by atoms with Gasteiger partial charge in [0.15, 0.2) is 0 Å². The van der Waals surface area contributed by atoms with Gasteiger partial charge >= 0.3 is 0 Å². The van der Waals surface area contributed by atoms with Gasteiger partial charge in [0.05, 0.1) is 0 Å². The number of hydrogen-bond donors (Lipinski definition) is 1. The predicted octanol–water partition coefficient (Wildman–Crippen LogP) is 4.20. The average molecular weight is 305 g/mol. The highest BCUT2D eigenvalue weighted by Gasteiger charge is 1.98. The summed E-state index contributed by atoms with van der Waals surface area (Å²) in [5.74, 6) is 0. The summed E-state index contributed by atoms with van der Waals surface area (Å²) in [5, 5.41) is 3.30. The van der Waals surface area contributed by atoms with Gasteiger partial charge in [-0.1, -0.05) is 22.0 Å². The molecule has 1 N–H and O–H groups in total. The number of halogens is 2. The first kappa shape index (κ1) is 10.8. The third kappa shape index (κ3) is 3.53. The second kappa shape index (κ2) is 5.45. The zero-order valence-corrected chi connectivity index (χ0v) is 10.4. The van der Waals surface area contributed by atoms with Gasteiger partial charge in [0.2, 0.25) is 0 Å². The molecule has 1 nitrogen and oxygen atoms in total. The van der Waals surface area contributed by atoms with E-state index < -0.39 is 0 Å². The molecule has 1 aromatic carbocycles. The molecular weight excluding hydrogens is 294 g/mol. The van der Waals surface area contributed by atoms with Crippen molar-refractivity contribution in [2.45, 2.75) is 6.42 Å². The molecule has 0 saturated carbocycles. The smallest absolute Gasteiger partial charge is 0.0485 e. The van der Waals surface area contributed by atoms with E-state index in [1.165, 1.54) is 0 Å². The minimum absolute atomic E-state index is 0.920. The molecule has 0 unspecified atom stereocenters. The monoisotopic (exact) mass is 303 g/mol. The van der Waals surface area contributed by atoms with Crippen LogP contribution in [0.25, 0.3) is 0 Å². The van der Waals surface area contributed by atoms with Crippen LogP contribution in [0.4, 0.5) is 5.69 Å². The first-order chi connectivity index (χ1) is 6.24. The van der Waals surface area contributed by atoms with Crippen LogP contribution in [-0.2, 0) is 0 Å². The zero-order chi connectivity index (χ0) is 9.68. The highest BCUT2D eigenvalue weighted by molar-refractivity contribution is 9.11. The lowest BCUT2D eigenvalue weighted by Crippen LogP contribution is -2.00. The predicted molar refractivity (Wildman–Crippen MR) is 65.1 cm³/mol. The minimum Gasteiger partial charge on any atom is -0.384 e. The summed E-state index contributed by atoms with van der Waals surface area (Å²) < 4.78 is 2.15. The van der Waals surface area contributed by atoms with Crippen LogP contribution in [-0.4, -0.2) is 6.54 Å². The molecule has 0 atom stereocenters. The Hall–Kier alpha value is -0.280. The van der Waals surface area contributed by atoms with Gasteiger partial charge in [-0.2, -0.15) is 0 Å². The molecule has 13 heavy (non-hydrogen) atoms. The number of benzene rings is 1. The molecule has 0 aromatic heterocycles. The Morgan fingerprint density at radius 2 is 2.15 bits per heavy atom. The largest absolute Gasteiger partial charge is 0.384 e. The Morgan fingerprint density at radius 3 is 2.77 bits per heavy atom. The van der Waals surface area contributed by atoms with E-state index in [1.807, 2.05) is 24.3 Å². The van der Waals surface area contributed by atoms with Crippen molar-refractivity contribution in [1.29, 1.82) is 0 Å². The van der Waals surface area contributed by atoms with Crippen LogP contribution in [0.1, 0.15) is 6.42 Å². The molecule has 0 amide bonds. The van der Waals surface area contributed by atoms with Crippen molar-refractivity contribution in [3.8, 4) is 0 Å². The molecule has 1 rings (SSSR count). The van der Waals surface area contributed by atoms with Gasteiger partial charge in [-0.3, -0.25) is 0 Å². The molecule has 0 heterocycles. The van der Waals surface area contributed by atoms with E-state index in [9.17, 15) is 0 Å². The molecule has 0 aliphatic carbocycles. The third-order valence-corrected chi connectivity index (χ3v) is 2.74. The highest BCUT2D eigenvalue weighted by atomic mass is 79.9. The molecule has 70 valence electrons. The maximum absolute atomic E-state index is 3.67. The fourth-order valence-electron chi connectivity index (χ4n) is 0.942. The van der Waals surface area contributed by atoms with E-state index in [4.69, 9.17) is 0 Å². The van der Waals surface area contributed by atoms with E-state index in [0.29, 0.717) is 0 Å². The number of hydrogen-bond acceptors (Lipinski definition) is 1. The van der Waals surface area contributed by atoms with Gasteiger partial charge in [-0.15, -0.1) is 6.58 Å². The second-order valence-electron chi connectivity index (χ2n) is 2.63. The fourth-order valence-corrected chi connectivity index (χ4v) is 2.13. The summed E-state index contributed by atoms with van der Waals surface area (Å²) in [4.78, 5) is 0. The van der Waals surface area contributed by atoms with Gasteiger partial charge in [-0.25, -0.2) is 0 Å². The van der Waals surface area contributed by atoms with Crippen LogP contribution in [0.2, 0.25) is 0 Å². The topological polar surface area (TPSA) is 12.0 Å². The Labute approximate surface area is 95.5 Å². The van der Waals surface area contributed by atoms with Crippen molar-refractivity contribution in [1.82, 2.24) is 0 Å². The van der Waals surface area contributed by atoms with E-state index in [1.54, 1.807) is 0 Å². The molecular formula is C10H11Br2N. The van der Waals surface area contributed by atoms with E-state index in [2.05, 4.69) is 43.8 Å². The van der Waals surface area contributed by atoms with Crippen molar-refractivity contribution in [3.63, 3.8) is 0 Å². The molecule has 0 aliphatic heterocycles. The van der Waals surface area contributed by atoms with Gasteiger partial charge in [0.1, 0.15) is 0 Å². The molecule has 0 radical (unpaired) electrons. The van der Waals surface area contributed by atoms with Gasteiger partial charge in [0.25, 0.3) is 0 Å². The molecule has 0 saturated heterocycles. The summed E-state index contributed by atoms with van der Waals surface area (Å²) in [6.07, 6.45) is 2.88. The summed E-state index contributed by atoms with van der Waals surface area (Å²) in [6, 6.07) is 6.08. The highest BCUT2D eigenvalue weighted by Crippen LogP contribution is 2.25. The summed E-state index contributed by atoms with van der Waals surface area (Å²) in [5.41, 5.74) is 1.12. The quantitative estimate of drug-likeness (QED) is 0.649. The van der Waals surface area contributed by atoms with Crippen LogP contribution in [0, 0.1) is 0 Å². The van der Waals surface area contributed by atoms with Crippen molar-refractivity contribution in [2.24, 2.45) is 0 Å². The lowest BCUT2D eigenvalue weighted by atomic mass is 10.3. The summed E-state index contributed by atoms with van der Waals surface area (Å²) >= 11 is 6.89. The van der Waals surface area contributed by atoms with Crippen LogP contribution in [0.5, 0.6) is 0 Å². The minimum atomic E-state index is 0.920. The lowest BCUT2D eigenvalue weighted by Gasteiger charge is -2.06. The molecule has 0 fully saturated rings. The molecule has 0 spiro atoms.